The Balaban J connectivity index is 1.35. The highest BCUT2D eigenvalue weighted by molar-refractivity contribution is 7.90. The van der Waals surface area contributed by atoms with Gasteiger partial charge in [-0.15, -0.1) is 13.2 Å². The van der Waals surface area contributed by atoms with Crippen LogP contribution in [0.25, 0.3) is 10.9 Å². The number of sulfone groups is 1. The molecule has 2 N–H and O–H groups in total. The highest BCUT2D eigenvalue weighted by Crippen LogP contribution is 2.37. The van der Waals surface area contributed by atoms with Crippen LogP contribution >= 0.6 is 0 Å². The lowest BCUT2D eigenvalue weighted by atomic mass is 9.79. The molecule has 2 heterocycles. The molecule has 8 nitrogen and oxygen atoms in total. The molecule has 1 aromatic heterocycles. The van der Waals surface area contributed by atoms with Crippen LogP contribution in [-0.4, -0.2) is 81.1 Å². The lowest BCUT2D eigenvalue weighted by Gasteiger charge is -2.47. The Labute approximate surface area is 269 Å². The second-order valence-corrected chi connectivity index (χ2v) is 14.1. The number of fused-ring (bicyclic) bond motifs is 1. The molecule has 0 amide bonds. The summed E-state index contributed by atoms with van der Waals surface area (Å²) in [4.78, 5) is 2.10. The van der Waals surface area contributed by atoms with Gasteiger partial charge in [-0.05, 0) is 68.9 Å². The van der Waals surface area contributed by atoms with Gasteiger partial charge >= 0.3 is 12.5 Å². The van der Waals surface area contributed by atoms with Gasteiger partial charge in [0.15, 0.2) is 15.6 Å². The Morgan fingerprint density at radius 2 is 1.72 bits per heavy atom. The first-order valence-electron chi connectivity index (χ1n) is 15.1. The molecular formula is C32H36F6N4O4S. The number of morpholine rings is 1. The minimum absolute atomic E-state index is 0.0795. The lowest BCUT2D eigenvalue weighted by molar-refractivity contribution is -0.274. The van der Waals surface area contributed by atoms with Crippen LogP contribution in [0.5, 0.6) is 5.75 Å². The first-order valence-corrected chi connectivity index (χ1v) is 17.0. The van der Waals surface area contributed by atoms with Crippen molar-refractivity contribution in [1.29, 1.82) is 0 Å². The minimum atomic E-state index is -5.09. The van der Waals surface area contributed by atoms with Crippen LogP contribution in [0.1, 0.15) is 38.3 Å². The van der Waals surface area contributed by atoms with E-state index >= 15 is 0 Å². The zero-order valence-corrected chi connectivity index (χ0v) is 26.7. The highest BCUT2D eigenvalue weighted by atomic mass is 32.2. The molecule has 0 unspecified atom stereocenters. The normalized spacial score (nSPS) is 21.2. The Bertz CT molecular complexity index is 1750. The molecule has 0 spiro atoms. The predicted octanol–water partition coefficient (Wildman–Crippen LogP) is 6.41. The van der Waals surface area contributed by atoms with Crippen molar-refractivity contribution in [1.82, 2.24) is 9.47 Å². The summed E-state index contributed by atoms with van der Waals surface area (Å²) in [6.07, 6.45) is -5.03. The molecule has 256 valence electrons. The van der Waals surface area contributed by atoms with Crippen molar-refractivity contribution in [2.24, 2.45) is 0 Å². The van der Waals surface area contributed by atoms with Gasteiger partial charge in [-0.3, -0.25) is 4.90 Å². The van der Waals surface area contributed by atoms with E-state index in [0.29, 0.717) is 16.6 Å². The molecule has 2 fully saturated rings. The van der Waals surface area contributed by atoms with E-state index in [4.69, 9.17) is 4.74 Å². The summed E-state index contributed by atoms with van der Waals surface area (Å²) in [6.45, 7) is 3.98. The zero-order chi connectivity index (χ0) is 34.0. The summed E-state index contributed by atoms with van der Waals surface area (Å²) in [5, 5.41) is 6.76. The molecule has 1 saturated heterocycles. The fourth-order valence-corrected chi connectivity index (χ4v) is 6.89. The number of ether oxygens (including phenoxy) is 2. The van der Waals surface area contributed by atoms with Crippen molar-refractivity contribution < 1.29 is 44.2 Å². The van der Waals surface area contributed by atoms with Crippen LogP contribution in [-0.2, 0) is 21.1 Å². The summed E-state index contributed by atoms with van der Waals surface area (Å²) in [7, 11) is -3.82. The quantitative estimate of drug-likeness (QED) is 0.209. The molecule has 1 aliphatic heterocycles. The largest absolute Gasteiger partial charge is 0.573 e. The fraction of sp³-hybridized carbons (Fsp3) is 0.500. The van der Waals surface area contributed by atoms with E-state index in [1.807, 2.05) is 6.07 Å². The monoisotopic (exact) mass is 686 g/mol. The highest BCUT2D eigenvalue weighted by Gasteiger charge is 2.37. The van der Waals surface area contributed by atoms with E-state index < -0.39 is 34.7 Å². The maximum atomic E-state index is 13.7. The molecule has 47 heavy (non-hydrogen) atoms. The van der Waals surface area contributed by atoms with Crippen LogP contribution in [0.3, 0.4) is 0 Å². The average molecular weight is 687 g/mol. The number of anilines is 2. The smallest absolute Gasteiger partial charge is 0.404 e. The number of alkyl halides is 6. The van der Waals surface area contributed by atoms with Gasteiger partial charge in [0.25, 0.3) is 0 Å². The van der Waals surface area contributed by atoms with E-state index in [0.717, 1.165) is 81.0 Å². The fourth-order valence-electron chi connectivity index (χ4n) is 6.25. The third-order valence-corrected chi connectivity index (χ3v) is 9.78. The summed E-state index contributed by atoms with van der Waals surface area (Å²) in [6, 6.07) is 9.79. The maximum absolute atomic E-state index is 13.7. The first kappa shape index (κ1) is 34.7. The van der Waals surface area contributed by atoms with Gasteiger partial charge in [-0.25, -0.2) is 8.42 Å². The number of rotatable bonds is 8. The standard InChI is InChI=1S/C32H36F6N4O4S/c1-30(41-15-17-45-18-16-41)12-10-22(11-13-30)40-26-6-3-7-28-25(26)19-23(42(28)21-31(33,34)35)5-4-14-39-27-9-8-24(47(2,43)44)20-29(27)46-32(36,37)38/h3,6-9,19-20,22,39-40H,10-18,21H2,1-2H3. The van der Waals surface area contributed by atoms with Crippen LogP contribution in [0.2, 0.25) is 0 Å². The molecule has 5 rings (SSSR count). The van der Waals surface area contributed by atoms with Gasteiger partial charge in [0.05, 0.1) is 41.6 Å². The summed E-state index contributed by atoms with van der Waals surface area (Å²) in [5.41, 5.74) is 1.01. The van der Waals surface area contributed by atoms with Crippen molar-refractivity contribution in [3.63, 3.8) is 0 Å². The molecule has 3 aromatic rings. The SMILES string of the molecule is CC1(N2CCOCC2)CCC(Nc2cccc3c2cc(C#CCNc2ccc(S(C)(=O)=O)cc2OC(F)(F)F)n3CC(F)(F)F)CC1. The number of halogens is 6. The predicted molar refractivity (Wildman–Crippen MR) is 166 cm³/mol. The van der Waals surface area contributed by atoms with Gasteiger partial charge in [0.2, 0.25) is 0 Å². The second-order valence-electron chi connectivity index (χ2n) is 12.1. The number of hydrogen-bond acceptors (Lipinski definition) is 7. The van der Waals surface area contributed by atoms with Crippen LogP contribution in [0, 0.1) is 11.8 Å². The molecule has 1 aliphatic carbocycles. The Morgan fingerprint density at radius 1 is 1.02 bits per heavy atom. The third-order valence-electron chi connectivity index (χ3n) is 8.67. The van der Waals surface area contributed by atoms with Crippen molar-refractivity contribution >= 4 is 32.1 Å². The number of aromatic nitrogens is 1. The third kappa shape index (κ3) is 8.85. The second kappa shape index (κ2) is 13.5. The molecule has 0 atom stereocenters. The molecule has 2 aromatic carbocycles. The average Bonchev–Trinajstić information content (AvgIpc) is 3.33. The zero-order valence-electron chi connectivity index (χ0n) is 25.9. The van der Waals surface area contributed by atoms with Gasteiger partial charge in [-0.2, -0.15) is 13.2 Å². The van der Waals surface area contributed by atoms with Crippen molar-refractivity contribution in [2.75, 3.05) is 49.7 Å². The van der Waals surface area contributed by atoms with Gasteiger partial charge < -0.3 is 24.7 Å². The van der Waals surface area contributed by atoms with E-state index in [1.54, 1.807) is 18.2 Å². The van der Waals surface area contributed by atoms with Crippen LogP contribution in [0.4, 0.5) is 37.7 Å². The topological polar surface area (TPSA) is 84.8 Å². The summed E-state index contributed by atoms with van der Waals surface area (Å²) < 4.78 is 114. The summed E-state index contributed by atoms with van der Waals surface area (Å²) >= 11 is 0. The molecule has 15 heteroatoms. The Hall–Kier alpha value is -3.61. The Morgan fingerprint density at radius 3 is 2.36 bits per heavy atom. The molecule has 2 aliphatic rings. The van der Waals surface area contributed by atoms with E-state index in [9.17, 15) is 34.8 Å². The maximum Gasteiger partial charge on any atom is 0.573 e. The number of hydrogen-bond donors (Lipinski definition) is 2. The van der Waals surface area contributed by atoms with Crippen LogP contribution in [0.15, 0.2) is 47.4 Å². The number of benzene rings is 2. The number of nitrogens with zero attached hydrogens (tertiary/aromatic N) is 2. The molecule has 0 bridgehead atoms. The van der Waals surface area contributed by atoms with E-state index in [2.05, 4.69) is 39.0 Å². The van der Waals surface area contributed by atoms with Crippen molar-refractivity contribution in [3.8, 4) is 17.6 Å². The van der Waals surface area contributed by atoms with Gasteiger partial charge in [0.1, 0.15) is 6.54 Å². The van der Waals surface area contributed by atoms with E-state index in [1.165, 1.54) is 0 Å². The summed E-state index contributed by atoms with van der Waals surface area (Å²) in [5.74, 6) is 4.62. The molecule has 1 saturated carbocycles. The van der Waals surface area contributed by atoms with E-state index in [-0.39, 0.29) is 34.4 Å². The molecule has 0 radical (unpaired) electrons. The first-order chi connectivity index (χ1) is 22.0. The van der Waals surface area contributed by atoms with Crippen LogP contribution < -0.4 is 15.4 Å². The lowest BCUT2D eigenvalue weighted by Crippen LogP contribution is -2.54. The van der Waals surface area contributed by atoms with Gasteiger partial charge in [0, 0.05) is 48.1 Å². The minimum Gasteiger partial charge on any atom is -0.404 e. The Kier molecular flexibility index (Phi) is 9.96. The molecular weight excluding hydrogens is 650 g/mol. The van der Waals surface area contributed by atoms with Gasteiger partial charge in [-0.1, -0.05) is 12.0 Å². The van der Waals surface area contributed by atoms with Crippen molar-refractivity contribution in [2.45, 2.75) is 68.2 Å². The van der Waals surface area contributed by atoms with Crippen molar-refractivity contribution in [3.05, 3.63) is 48.2 Å². The number of nitrogens with one attached hydrogen (secondary N) is 2.